The van der Waals surface area contributed by atoms with Gasteiger partial charge < -0.3 is 19.6 Å². The first-order valence-corrected chi connectivity index (χ1v) is 9.49. The van der Waals surface area contributed by atoms with E-state index in [1.165, 1.54) is 6.07 Å². The minimum Gasteiger partial charge on any atom is -0.483 e. The van der Waals surface area contributed by atoms with Gasteiger partial charge >= 0.3 is 11.6 Å². The zero-order chi connectivity index (χ0) is 20.8. The summed E-state index contributed by atoms with van der Waals surface area (Å²) in [6.45, 7) is 7.15. The fourth-order valence-corrected chi connectivity index (χ4v) is 3.09. The minimum absolute atomic E-state index is 0.202. The van der Waals surface area contributed by atoms with E-state index in [2.05, 4.69) is 5.32 Å². The van der Waals surface area contributed by atoms with Crippen LogP contribution in [0.4, 0.5) is 0 Å². The number of rotatable bonds is 9. The van der Waals surface area contributed by atoms with Crippen LogP contribution in [0.1, 0.15) is 44.7 Å². The summed E-state index contributed by atoms with van der Waals surface area (Å²) in [5.41, 5.74) is 1.60. The second kappa shape index (κ2) is 9.39. The number of hydrogen-bond acceptors (Lipinski definition) is 5. The smallest absolute Gasteiger partial charge is 0.336 e. The first-order valence-electron chi connectivity index (χ1n) is 9.49. The highest BCUT2D eigenvalue weighted by Gasteiger charge is 2.25. The first kappa shape index (κ1) is 21.5. The molecule has 7 heteroatoms. The molecular formula is C21H27NO6. The van der Waals surface area contributed by atoms with Crippen LogP contribution in [0.3, 0.4) is 0 Å². The molecule has 2 rings (SSSR count). The number of nitrogens with one attached hydrogen (secondary N) is 1. The predicted molar refractivity (Wildman–Crippen MR) is 106 cm³/mol. The molecule has 0 saturated carbocycles. The summed E-state index contributed by atoms with van der Waals surface area (Å²) in [5.74, 6) is -1.35. The Balaban J connectivity index is 2.27. The third-order valence-corrected chi connectivity index (χ3v) is 4.71. The number of carbonyl (C=O) groups is 2. The van der Waals surface area contributed by atoms with Crippen LogP contribution in [0, 0.1) is 12.8 Å². The Morgan fingerprint density at radius 1 is 1.25 bits per heavy atom. The van der Waals surface area contributed by atoms with E-state index in [0.29, 0.717) is 29.6 Å². The largest absolute Gasteiger partial charge is 0.483 e. The summed E-state index contributed by atoms with van der Waals surface area (Å²) in [6, 6.07) is 4.01. The molecule has 1 aromatic heterocycles. The van der Waals surface area contributed by atoms with Crippen molar-refractivity contribution >= 4 is 22.8 Å². The molecule has 1 amide bonds. The van der Waals surface area contributed by atoms with Crippen molar-refractivity contribution in [1.29, 1.82) is 0 Å². The number of hydrogen-bond donors (Lipinski definition) is 2. The number of amides is 1. The molecular weight excluding hydrogens is 362 g/mol. The van der Waals surface area contributed by atoms with Gasteiger partial charge in [-0.1, -0.05) is 33.6 Å². The van der Waals surface area contributed by atoms with Crippen LogP contribution in [0.25, 0.3) is 11.0 Å². The average Bonchev–Trinajstić information content (AvgIpc) is 2.62. The molecule has 0 aliphatic rings. The molecule has 152 valence electrons. The maximum atomic E-state index is 12.3. The molecule has 0 saturated heterocycles. The third kappa shape index (κ3) is 5.12. The van der Waals surface area contributed by atoms with Crippen LogP contribution >= 0.6 is 0 Å². The Morgan fingerprint density at radius 3 is 2.57 bits per heavy atom. The van der Waals surface area contributed by atoms with E-state index in [1.54, 1.807) is 19.1 Å². The molecule has 0 spiro atoms. The van der Waals surface area contributed by atoms with Crippen LogP contribution in [0.5, 0.6) is 5.75 Å². The fourth-order valence-electron chi connectivity index (χ4n) is 3.09. The number of carboxylic acid groups (broad SMARTS) is 1. The fraction of sp³-hybridized carbons (Fsp3) is 0.476. The lowest BCUT2D eigenvalue weighted by Crippen LogP contribution is -2.46. The van der Waals surface area contributed by atoms with E-state index in [1.807, 2.05) is 20.8 Å². The van der Waals surface area contributed by atoms with Gasteiger partial charge in [0.25, 0.3) is 5.91 Å². The van der Waals surface area contributed by atoms with Gasteiger partial charge in [0.1, 0.15) is 17.4 Å². The maximum absolute atomic E-state index is 12.3. The molecule has 0 fully saturated rings. The van der Waals surface area contributed by atoms with Crippen molar-refractivity contribution in [1.82, 2.24) is 5.32 Å². The Bertz CT molecular complexity index is 917. The topological polar surface area (TPSA) is 106 Å². The molecule has 0 aliphatic heterocycles. The number of aryl methyl sites for hydroxylation is 2. The Morgan fingerprint density at radius 2 is 1.96 bits per heavy atom. The molecule has 0 radical (unpaired) electrons. The van der Waals surface area contributed by atoms with Gasteiger partial charge in [-0.15, -0.1) is 0 Å². The molecule has 2 N–H and O–H groups in total. The molecule has 2 atom stereocenters. The van der Waals surface area contributed by atoms with Crippen molar-refractivity contribution < 1.29 is 23.8 Å². The van der Waals surface area contributed by atoms with Gasteiger partial charge in [-0.05, 0) is 42.5 Å². The van der Waals surface area contributed by atoms with E-state index in [-0.39, 0.29) is 12.5 Å². The molecule has 2 unspecified atom stereocenters. The lowest BCUT2D eigenvalue weighted by Gasteiger charge is -2.20. The van der Waals surface area contributed by atoms with Crippen molar-refractivity contribution in [3.63, 3.8) is 0 Å². The summed E-state index contributed by atoms with van der Waals surface area (Å²) in [5, 5.41) is 12.5. The van der Waals surface area contributed by atoms with Crippen molar-refractivity contribution in [2.24, 2.45) is 5.92 Å². The molecule has 7 nitrogen and oxygen atoms in total. The monoisotopic (exact) mass is 389 g/mol. The Hall–Kier alpha value is -2.83. The number of fused-ring (bicyclic) bond motifs is 1. The summed E-state index contributed by atoms with van der Waals surface area (Å²) < 4.78 is 11.0. The molecule has 1 aromatic carbocycles. The molecule has 0 aliphatic carbocycles. The molecule has 1 heterocycles. The van der Waals surface area contributed by atoms with E-state index >= 15 is 0 Å². The highest BCUT2D eigenvalue weighted by Crippen LogP contribution is 2.30. The third-order valence-electron chi connectivity index (χ3n) is 4.71. The van der Waals surface area contributed by atoms with Crippen LogP contribution in [-0.2, 0) is 16.0 Å². The van der Waals surface area contributed by atoms with Gasteiger partial charge in [0.15, 0.2) is 6.61 Å². The van der Waals surface area contributed by atoms with Gasteiger partial charge in [-0.3, -0.25) is 4.79 Å². The van der Waals surface area contributed by atoms with Crippen molar-refractivity contribution in [2.45, 2.75) is 53.0 Å². The second-order valence-corrected chi connectivity index (χ2v) is 7.03. The quantitative estimate of drug-likeness (QED) is 0.639. The SMILES string of the molecule is CCCc1cc(=O)oc2cc(C)cc(OCC(=O)NC(C(=O)O)C(C)CC)c12. The zero-order valence-electron chi connectivity index (χ0n) is 16.7. The predicted octanol–water partition coefficient (Wildman–Crippen LogP) is 3.05. The van der Waals surface area contributed by atoms with Gasteiger partial charge in [0, 0.05) is 6.07 Å². The van der Waals surface area contributed by atoms with E-state index < -0.39 is 23.5 Å². The highest BCUT2D eigenvalue weighted by molar-refractivity contribution is 5.89. The van der Waals surface area contributed by atoms with E-state index in [0.717, 1.165) is 17.5 Å². The van der Waals surface area contributed by atoms with Crippen LogP contribution in [0.15, 0.2) is 27.4 Å². The van der Waals surface area contributed by atoms with Crippen molar-refractivity contribution in [2.75, 3.05) is 6.61 Å². The van der Waals surface area contributed by atoms with Crippen molar-refractivity contribution in [3.05, 3.63) is 39.7 Å². The molecule has 2 aromatic rings. The number of ether oxygens (including phenoxy) is 1. The number of carbonyl (C=O) groups excluding carboxylic acids is 1. The van der Waals surface area contributed by atoms with Crippen molar-refractivity contribution in [3.8, 4) is 5.75 Å². The lowest BCUT2D eigenvalue weighted by atomic mass is 9.99. The Kier molecular flexibility index (Phi) is 7.20. The summed E-state index contributed by atoms with van der Waals surface area (Å²) >= 11 is 0. The van der Waals surface area contributed by atoms with Gasteiger partial charge in [-0.2, -0.15) is 0 Å². The maximum Gasteiger partial charge on any atom is 0.336 e. The molecule has 0 bridgehead atoms. The van der Waals surface area contributed by atoms with Gasteiger partial charge in [0.2, 0.25) is 0 Å². The second-order valence-electron chi connectivity index (χ2n) is 7.03. The highest BCUT2D eigenvalue weighted by atomic mass is 16.5. The first-order chi connectivity index (χ1) is 13.3. The van der Waals surface area contributed by atoms with E-state index in [4.69, 9.17) is 9.15 Å². The minimum atomic E-state index is -1.07. The average molecular weight is 389 g/mol. The van der Waals surface area contributed by atoms with E-state index in [9.17, 15) is 19.5 Å². The lowest BCUT2D eigenvalue weighted by molar-refractivity contribution is -0.143. The van der Waals surface area contributed by atoms with Crippen LogP contribution in [-0.4, -0.2) is 29.6 Å². The number of carboxylic acids is 1. The summed E-state index contributed by atoms with van der Waals surface area (Å²) in [6.07, 6.45) is 2.13. The normalized spacial score (nSPS) is 13.1. The van der Waals surface area contributed by atoms with Crippen LogP contribution < -0.4 is 15.7 Å². The summed E-state index contributed by atoms with van der Waals surface area (Å²) in [4.78, 5) is 35.5. The zero-order valence-corrected chi connectivity index (χ0v) is 16.7. The summed E-state index contributed by atoms with van der Waals surface area (Å²) in [7, 11) is 0. The molecule has 28 heavy (non-hydrogen) atoms. The number of aliphatic carboxylic acids is 1. The Labute approximate surface area is 163 Å². The van der Waals surface area contributed by atoms with Gasteiger partial charge in [0.05, 0.1) is 5.39 Å². The standard InChI is InChI=1S/C21H27NO6/c1-5-7-14-10-18(24)28-16-9-12(3)8-15(19(14)16)27-11-17(23)22-20(21(25)26)13(4)6-2/h8-10,13,20H,5-7,11H2,1-4H3,(H,22,23)(H,25,26). The van der Waals surface area contributed by atoms with Crippen LogP contribution in [0.2, 0.25) is 0 Å². The van der Waals surface area contributed by atoms with Gasteiger partial charge in [-0.25, -0.2) is 9.59 Å². The number of benzene rings is 1.